The van der Waals surface area contributed by atoms with Crippen molar-refractivity contribution in [3.05, 3.63) is 17.7 Å². The van der Waals surface area contributed by atoms with E-state index in [1.807, 2.05) is 6.33 Å². The molecule has 1 aliphatic carbocycles. The van der Waals surface area contributed by atoms with Crippen LogP contribution in [-0.4, -0.2) is 22.3 Å². The zero-order valence-electron chi connectivity index (χ0n) is 9.11. The van der Waals surface area contributed by atoms with Crippen LogP contribution < -0.4 is 0 Å². The predicted molar refractivity (Wildman–Crippen MR) is 57.8 cm³/mol. The molecular weight excluding hydrogens is 188 g/mol. The minimum Gasteiger partial charge on any atom is -0.376 e. The number of rotatable bonds is 2. The molecule has 1 aromatic rings. The zero-order chi connectivity index (χ0) is 10.1. The van der Waals surface area contributed by atoms with Crippen LogP contribution in [0.2, 0.25) is 0 Å². The maximum absolute atomic E-state index is 5.67. The van der Waals surface area contributed by atoms with Crippen LogP contribution in [0.5, 0.6) is 0 Å². The molecular formula is C12H18N2O. The van der Waals surface area contributed by atoms with Gasteiger partial charge < -0.3 is 9.30 Å². The second kappa shape index (κ2) is 3.97. The minimum absolute atomic E-state index is 0.435. The van der Waals surface area contributed by atoms with Crippen LogP contribution in [0.25, 0.3) is 0 Å². The minimum atomic E-state index is 0.435. The fourth-order valence-corrected chi connectivity index (χ4v) is 2.70. The fourth-order valence-electron chi connectivity index (χ4n) is 2.70. The summed E-state index contributed by atoms with van der Waals surface area (Å²) in [5, 5.41) is 0. The molecule has 1 atom stereocenters. The Morgan fingerprint density at radius 3 is 3.13 bits per heavy atom. The Morgan fingerprint density at radius 2 is 2.27 bits per heavy atom. The molecule has 1 aromatic heterocycles. The lowest BCUT2D eigenvalue weighted by Crippen LogP contribution is -2.17. The second-order valence-electron chi connectivity index (χ2n) is 4.63. The van der Waals surface area contributed by atoms with Crippen molar-refractivity contribution < 1.29 is 4.74 Å². The molecule has 0 radical (unpaired) electrons. The van der Waals surface area contributed by atoms with E-state index in [0.717, 1.165) is 13.2 Å². The molecule has 0 spiro atoms. The van der Waals surface area contributed by atoms with Gasteiger partial charge in [0.2, 0.25) is 0 Å². The second-order valence-corrected chi connectivity index (χ2v) is 4.63. The van der Waals surface area contributed by atoms with Gasteiger partial charge in [0.1, 0.15) is 0 Å². The van der Waals surface area contributed by atoms with Crippen LogP contribution in [0, 0.1) is 0 Å². The van der Waals surface area contributed by atoms with Crippen molar-refractivity contribution in [3.8, 4) is 0 Å². The molecule has 0 bridgehead atoms. The Kier molecular flexibility index (Phi) is 2.49. The smallest absolute Gasteiger partial charge is 0.0952 e. The highest BCUT2D eigenvalue weighted by atomic mass is 16.5. The van der Waals surface area contributed by atoms with E-state index in [4.69, 9.17) is 4.74 Å². The van der Waals surface area contributed by atoms with E-state index in [1.54, 1.807) is 0 Å². The standard InChI is InChI=1S/C12H18N2O/c1-2-6-12-11(5-1)13-9-14(12)8-10-4-3-7-15-10/h9-10H,1-8H2. The summed E-state index contributed by atoms with van der Waals surface area (Å²) in [5.74, 6) is 0. The lowest BCUT2D eigenvalue weighted by atomic mass is 10.0. The first-order chi connectivity index (χ1) is 7.43. The third kappa shape index (κ3) is 1.81. The average Bonchev–Trinajstić information content (AvgIpc) is 2.89. The maximum Gasteiger partial charge on any atom is 0.0952 e. The molecule has 1 unspecified atom stereocenters. The molecule has 3 rings (SSSR count). The Bertz CT molecular complexity index is 339. The summed E-state index contributed by atoms with van der Waals surface area (Å²) in [7, 11) is 0. The molecule has 82 valence electrons. The molecule has 1 fully saturated rings. The van der Waals surface area contributed by atoms with Gasteiger partial charge in [-0.25, -0.2) is 4.98 Å². The first kappa shape index (κ1) is 9.40. The largest absolute Gasteiger partial charge is 0.376 e. The highest BCUT2D eigenvalue weighted by molar-refractivity contribution is 5.16. The van der Waals surface area contributed by atoms with Crippen LogP contribution in [0.1, 0.15) is 37.1 Å². The first-order valence-corrected chi connectivity index (χ1v) is 6.08. The van der Waals surface area contributed by atoms with Gasteiger partial charge in [0.15, 0.2) is 0 Å². The van der Waals surface area contributed by atoms with Crippen molar-refractivity contribution >= 4 is 0 Å². The molecule has 2 heterocycles. The molecule has 0 aromatic carbocycles. The molecule has 1 saturated heterocycles. The number of ether oxygens (including phenoxy) is 1. The van der Waals surface area contributed by atoms with Crippen molar-refractivity contribution in [2.45, 2.75) is 51.2 Å². The summed E-state index contributed by atoms with van der Waals surface area (Å²) in [6, 6.07) is 0. The number of hydrogen-bond donors (Lipinski definition) is 0. The van der Waals surface area contributed by atoms with Crippen LogP contribution in [0.4, 0.5) is 0 Å². The van der Waals surface area contributed by atoms with Gasteiger partial charge in [-0.15, -0.1) is 0 Å². The van der Waals surface area contributed by atoms with Gasteiger partial charge in [0.25, 0.3) is 0 Å². The third-order valence-corrected chi connectivity index (χ3v) is 3.53. The van der Waals surface area contributed by atoms with Crippen molar-refractivity contribution in [1.29, 1.82) is 0 Å². The van der Waals surface area contributed by atoms with E-state index in [2.05, 4.69) is 9.55 Å². The molecule has 0 saturated carbocycles. The van der Waals surface area contributed by atoms with Gasteiger partial charge in [-0.1, -0.05) is 0 Å². The number of fused-ring (bicyclic) bond motifs is 1. The van der Waals surface area contributed by atoms with Gasteiger partial charge in [-0.05, 0) is 38.5 Å². The summed E-state index contributed by atoms with van der Waals surface area (Å²) < 4.78 is 7.99. The third-order valence-electron chi connectivity index (χ3n) is 3.53. The van der Waals surface area contributed by atoms with Gasteiger partial charge in [0, 0.05) is 12.3 Å². The monoisotopic (exact) mass is 206 g/mol. The van der Waals surface area contributed by atoms with Crippen molar-refractivity contribution in [3.63, 3.8) is 0 Å². The Hall–Kier alpha value is -0.830. The van der Waals surface area contributed by atoms with Crippen LogP contribution in [-0.2, 0) is 24.1 Å². The predicted octanol–water partition coefficient (Wildman–Crippen LogP) is 1.94. The quantitative estimate of drug-likeness (QED) is 0.739. The van der Waals surface area contributed by atoms with Crippen molar-refractivity contribution in [2.24, 2.45) is 0 Å². The number of hydrogen-bond acceptors (Lipinski definition) is 2. The Morgan fingerprint density at radius 1 is 1.33 bits per heavy atom. The topological polar surface area (TPSA) is 27.1 Å². The SMILES string of the molecule is c1nc2c(n1CC1CCCO1)CCCC2. The van der Waals surface area contributed by atoms with Gasteiger partial charge in [-0.2, -0.15) is 0 Å². The van der Waals surface area contributed by atoms with E-state index in [-0.39, 0.29) is 0 Å². The summed E-state index contributed by atoms with van der Waals surface area (Å²) in [6.45, 7) is 1.96. The molecule has 2 aliphatic rings. The summed E-state index contributed by atoms with van der Waals surface area (Å²) in [4.78, 5) is 4.51. The zero-order valence-corrected chi connectivity index (χ0v) is 9.11. The van der Waals surface area contributed by atoms with E-state index in [0.29, 0.717) is 6.10 Å². The van der Waals surface area contributed by atoms with E-state index in [1.165, 1.54) is 49.9 Å². The van der Waals surface area contributed by atoms with E-state index >= 15 is 0 Å². The summed E-state index contributed by atoms with van der Waals surface area (Å²) in [6.07, 6.45) is 9.90. The lowest BCUT2D eigenvalue weighted by Gasteiger charge is -2.16. The first-order valence-electron chi connectivity index (χ1n) is 6.08. The lowest BCUT2D eigenvalue weighted by molar-refractivity contribution is 0.0962. The average molecular weight is 206 g/mol. The van der Waals surface area contributed by atoms with Crippen molar-refractivity contribution in [2.75, 3.05) is 6.61 Å². The number of aryl methyl sites for hydroxylation is 1. The van der Waals surface area contributed by atoms with Crippen molar-refractivity contribution in [1.82, 2.24) is 9.55 Å². The molecule has 0 N–H and O–H groups in total. The number of nitrogens with zero attached hydrogens (tertiary/aromatic N) is 2. The Balaban J connectivity index is 1.76. The van der Waals surface area contributed by atoms with Crippen LogP contribution in [0.3, 0.4) is 0 Å². The summed E-state index contributed by atoms with van der Waals surface area (Å²) >= 11 is 0. The van der Waals surface area contributed by atoms with Gasteiger partial charge >= 0.3 is 0 Å². The van der Waals surface area contributed by atoms with E-state index in [9.17, 15) is 0 Å². The normalized spacial score (nSPS) is 25.5. The molecule has 3 nitrogen and oxygen atoms in total. The van der Waals surface area contributed by atoms with Crippen LogP contribution in [0.15, 0.2) is 6.33 Å². The summed E-state index contributed by atoms with van der Waals surface area (Å²) in [5.41, 5.74) is 2.80. The molecule has 15 heavy (non-hydrogen) atoms. The van der Waals surface area contributed by atoms with Crippen LogP contribution >= 0.6 is 0 Å². The maximum atomic E-state index is 5.67. The molecule has 1 aliphatic heterocycles. The Labute approximate surface area is 90.5 Å². The fraction of sp³-hybridized carbons (Fsp3) is 0.750. The number of aromatic nitrogens is 2. The van der Waals surface area contributed by atoms with Gasteiger partial charge in [0.05, 0.1) is 24.7 Å². The van der Waals surface area contributed by atoms with Gasteiger partial charge in [-0.3, -0.25) is 0 Å². The molecule has 0 amide bonds. The van der Waals surface area contributed by atoms with E-state index < -0.39 is 0 Å². The molecule has 3 heteroatoms. The number of imidazole rings is 1. The highest BCUT2D eigenvalue weighted by Gasteiger charge is 2.20. The highest BCUT2D eigenvalue weighted by Crippen LogP contribution is 2.22.